The second-order valence-electron chi connectivity index (χ2n) is 5.57. The van der Waals surface area contributed by atoms with Crippen molar-refractivity contribution in [1.82, 2.24) is 0 Å². The largest absolute Gasteiger partial charge is 0.493 e. The third-order valence-corrected chi connectivity index (χ3v) is 6.10. The van der Waals surface area contributed by atoms with Crippen LogP contribution >= 0.6 is 51.5 Å². The quantitative estimate of drug-likeness (QED) is 0.367. The molecule has 0 aliphatic carbocycles. The second kappa shape index (κ2) is 8.82. The van der Waals surface area contributed by atoms with Crippen LogP contribution in [0.3, 0.4) is 0 Å². The van der Waals surface area contributed by atoms with Crippen molar-refractivity contribution in [3.05, 3.63) is 56.1 Å². The van der Waals surface area contributed by atoms with E-state index in [4.69, 9.17) is 33.3 Å². The molecule has 1 aliphatic heterocycles. The highest BCUT2D eigenvalue weighted by molar-refractivity contribution is 9.10. The van der Waals surface area contributed by atoms with E-state index in [9.17, 15) is 9.18 Å². The number of carbonyl (C=O) groups excluding carboxylic acids is 1. The third-order valence-electron chi connectivity index (χ3n) is 3.82. The minimum Gasteiger partial charge on any atom is -0.493 e. The number of thioether (sulfide) groups is 1. The van der Waals surface area contributed by atoms with Crippen molar-refractivity contribution in [3.8, 4) is 11.5 Å². The normalized spacial score (nSPS) is 15.5. The van der Waals surface area contributed by atoms with E-state index in [1.807, 2.05) is 6.92 Å². The van der Waals surface area contributed by atoms with Crippen molar-refractivity contribution >= 4 is 73.5 Å². The number of thiocarbonyl (C=S) groups is 1. The predicted molar refractivity (Wildman–Crippen MR) is 119 cm³/mol. The Morgan fingerprint density at radius 2 is 2.07 bits per heavy atom. The van der Waals surface area contributed by atoms with E-state index >= 15 is 0 Å². The first-order chi connectivity index (χ1) is 13.3. The topological polar surface area (TPSA) is 38.8 Å². The van der Waals surface area contributed by atoms with E-state index in [0.717, 1.165) is 21.8 Å². The Balaban J connectivity index is 1.96. The van der Waals surface area contributed by atoms with Crippen LogP contribution in [0.1, 0.15) is 12.5 Å². The van der Waals surface area contributed by atoms with Crippen LogP contribution in [0.15, 0.2) is 39.7 Å². The lowest BCUT2D eigenvalue weighted by molar-refractivity contribution is -0.113. The maximum Gasteiger partial charge on any atom is 0.270 e. The number of hydrogen-bond donors (Lipinski definition) is 0. The molecule has 0 saturated carbocycles. The van der Waals surface area contributed by atoms with Gasteiger partial charge in [-0.2, -0.15) is 0 Å². The van der Waals surface area contributed by atoms with Crippen LogP contribution in [0.2, 0.25) is 5.02 Å². The lowest BCUT2D eigenvalue weighted by atomic mass is 10.1. The standard InChI is InChI=1S/C19H14BrClFNO3S2/c1-3-26-16-9-12(20)10(6-15(16)25-2)7-17-18(24)23(19(27)28-17)11-4-5-14(22)13(21)8-11/h4-9H,3H2,1-2H3. The first kappa shape index (κ1) is 21.1. The maximum atomic E-state index is 13.4. The van der Waals surface area contributed by atoms with E-state index in [1.165, 1.54) is 23.1 Å². The summed E-state index contributed by atoms with van der Waals surface area (Å²) in [5.74, 6) is 0.286. The van der Waals surface area contributed by atoms with E-state index in [-0.39, 0.29) is 10.9 Å². The average molecular weight is 503 g/mol. The Hall–Kier alpha value is -1.61. The van der Waals surface area contributed by atoms with Gasteiger partial charge in [0.05, 0.1) is 29.3 Å². The van der Waals surface area contributed by atoms with E-state index in [2.05, 4.69) is 15.9 Å². The predicted octanol–water partition coefficient (Wildman–Crippen LogP) is 6.05. The molecule has 4 nitrogen and oxygen atoms in total. The van der Waals surface area contributed by atoms with Crippen molar-refractivity contribution < 1.29 is 18.7 Å². The summed E-state index contributed by atoms with van der Waals surface area (Å²) in [5.41, 5.74) is 1.15. The van der Waals surface area contributed by atoms with Gasteiger partial charge >= 0.3 is 0 Å². The van der Waals surface area contributed by atoms with Crippen LogP contribution in [0, 0.1) is 5.82 Å². The molecule has 28 heavy (non-hydrogen) atoms. The lowest BCUT2D eigenvalue weighted by Gasteiger charge is -2.15. The van der Waals surface area contributed by atoms with Gasteiger partial charge in [0, 0.05) is 4.47 Å². The summed E-state index contributed by atoms with van der Waals surface area (Å²) in [4.78, 5) is 14.7. The molecule has 0 bridgehead atoms. The zero-order valence-corrected chi connectivity index (χ0v) is 18.8. The number of anilines is 1. The molecule has 0 radical (unpaired) electrons. The third kappa shape index (κ3) is 4.20. The minimum absolute atomic E-state index is 0.0745. The Labute approximate surface area is 184 Å². The maximum absolute atomic E-state index is 13.4. The number of rotatable bonds is 5. The molecule has 2 aromatic rings. The molecule has 1 saturated heterocycles. The van der Waals surface area contributed by atoms with Gasteiger partial charge in [-0.15, -0.1) is 0 Å². The average Bonchev–Trinajstić information content (AvgIpc) is 2.93. The minimum atomic E-state index is -0.559. The Bertz CT molecular complexity index is 999. The number of ether oxygens (including phenoxy) is 2. The highest BCUT2D eigenvalue weighted by Gasteiger charge is 2.33. The fraction of sp³-hybridized carbons (Fsp3) is 0.158. The van der Waals surface area contributed by atoms with Gasteiger partial charge in [0.25, 0.3) is 5.91 Å². The molecule has 1 amide bonds. The van der Waals surface area contributed by atoms with Gasteiger partial charge in [-0.25, -0.2) is 4.39 Å². The molecule has 2 aromatic carbocycles. The zero-order valence-electron chi connectivity index (χ0n) is 14.8. The number of halogens is 3. The summed E-state index contributed by atoms with van der Waals surface area (Å²) in [6.45, 7) is 2.38. The summed E-state index contributed by atoms with van der Waals surface area (Å²) in [5, 5.41) is -0.0745. The van der Waals surface area contributed by atoms with Crippen molar-refractivity contribution in [1.29, 1.82) is 0 Å². The summed E-state index contributed by atoms with van der Waals surface area (Å²) < 4.78 is 25.4. The molecule has 1 aliphatic rings. The first-order valence-corrected chi connectivity index (χ1v) is 10.5. The molecule has 146 valence electrons. The van der Waals surface area contributed by atoms with E-state index in [1.54, 1.807) is 25.3 Å². The van der Waals surface area contributed by atoms with Crippen LogP contribution < -0.4 is 14.4 Å². The number of methoxy groups -OCH3 is 1. The highest BCUT2D eigenvalue weighted by Crippen LogP contribution is 2.40. The highest BCUT2D eigenvalue weighted by atomic mass is 79.9. The Kier molecular flexibility index (Phi) is 6.65. The summed E-state index contributed by atoms with van der Waals surface area (Å²) >= 11 is 15.8. The summed E-state index contributed by atoms with van der Waals surface area (Å²) in [6.07, 6.45) is 1.72. The van der Waals surface area contributed by atoms with Crippen LogP contribution in [0.4, 0.5) is 10.1 Å². The molecule has 0 atom stereocenters. The van der Waals surface area contributed by atoms with E-state index in [0.29, 0.717) is 33.0 Å². The Morgan fingerprint density at radius 3 is 2.71 bits per heavy atom. The second-order valence-corrected chi connectivity index (χ2v) is 8.51. The van der Waals surface area contributed by atoms with E-state index < -0.39 is 5.82 Å². The molecule has 1 heterocycles. The molecule has 0 unspecified atom stereocenters. The summed E-state index contributed by atoms with van der Waals surface area (Å²) in [7, 11) is 1.55. The van der Waals surface area contributed by atoms with Gasteiger partial charge in [0.15, 0.2) is 15.8 Å². The fourth-order valence-corrected chi connectivity index (χ4v) is 4.45. The molecular formula is C19H14BrClFNO3S2. The SMILES string of the molecule is CCOc1cc(Br)c(C=C2SC(=S)N(c3ccc(F)c(Cl)c3)C2=O)cc1OC. The van der Waals surface area contributed by atoms with Gasteiger partial charge in [-0.3, -0.25) is 9.69 Å². The van der Waals surface area contributed by atoms with Gasteiger partial charge in [-0.1, -0.05) is 51.5 Å². The van der Waals surface area contributed by atoms with Gasteiger partial charge in [-0.05, 0) is 48.9 Å². The number of nitrogens with zero attached hydrogens (tertiary/aromatic N) is 1. The van der Waals surface area contributed by atoms with Crippen LogP contribution in [-0.2, 0) is 4.79 Å². The smallest absolute Gasteiger partial charge is 0.270 e. The van der Waals surface area contributed by atoms with Crippen LogP contribution in [-0.4, -0.2) is 23.9 Å². The van der Waals surface area contributed by atoms with Crippen LogP contribution in [0.5, 0.6) is 11.5 Å². The van der Waals surface area contributed by atoms with Crippen molar-refractivity contribution in [2.75, 3.05) is 18.6 Å². The molecule has 0 aromatic heterocycles. The lowest BCUT2D eigenvalue weighted by Crippen LogP contribution is -2.27. The monoisotopic (exact) mass is 501 g/mol. The van der Waals surface area contributed by atoms with Crippen molar-refractivity contribution in [2.24, 2.45) is 0 Å². The van der Waals surface area contributed by atoms with Gasteiger partial charge in [0.1, 0.15) is 5.82 Å². The van der Waals surface area contributed by atoms with Crippen molar-refractivity contribution in [2.45, 2.75) is 6.92 Å². The zero-order chi connectivity index (χ0) is 20.4. The molecule has 0 N–H and O–H groups in total. The molecule has 1 fully saturated rings. The van der Waals surface area contributed by atoms with Crippen molar-refractivity contribution in [3.63, 3.8) is 0 Å². The number of benzene rings is 2. The number of hydrogen-bond acceptors (Lipinski definition) is 5. The Morgan fingerprint density at radius 1 is 1.32 bits per heavy atom. The number of carbonyl (C=O) groups is 1. The molecule has 3 rings (SSSR count). The summed E-state index contributed by atoms with van der Waals surface area (Å²) in [6, 6.07) is 7.60. The molecule has 9 heteroatoms. The molecule has 0 spiro atoms. The number of amides is 1. The van der Waals surface area contributed by atoms with Gasteiger partial charge < -0.3 is 9.47 Å². The first-order valence-electron chi connectivity index (χ1n) is 8.09. The van der Waals surface area contributed by atoms with Gasteiger partial charge in [0.2, 0.25) is 0 Å². The van der Waals surface area contributed by atoms with Crippen LogP contribution in [0.25, 0.3) is 6.08 Å². The molecular weight excluding hydrogens is 489 g/mol. The fourth-order valence-electron chi connectivity index (χ4n) is 2.54.